The number of hydrogen-bond donors (Lipinski definition) is 5. The van der Waals surface area contributed by atoms with Crippen molar-refractivity contribution in [2.45, 2.75) is 69.2 Å². The Morgan fingerprint density at radius 1 is 0.857 bits per heavy atom. The lowest BCUT2D eigenvalue weighted by Gasteiger charge is -2.39. The zero-order chi connectivity index (χ0) is 15.7. The van der Waals surface area contributed by atoms with Crippen LogP contribution in [-0.4, -0.2) is 70.9 Å². The van der Waals surface area contributed by atoms with Gasteiger partial charge in [-0.2, -0.15) is 0 Å². The Bertz CT molecular complexity index is 266. The molecule has 1 aliphatic rings. The summed E-state index contributed by atoms with van der Waals surface area (Å²) >= 11 is 0. The third-order valence-electron chi connectivity index (χ3n) is 3.73. The topological polar surface area (TPSA) is 125 Å². The first-order valence-electron chi connectivity index (χ1n) is 7.74. The highest BCUT2D eigenvalue weighted by atomic mass is 16.7. The zero-order valence-corrected chi connectivity index (χ0v) is 12.4. The lowest BCUT2D eigenvalue weighted by molar-refractivity contribution is -0.301. The predicted molar refractivity (Wildman–Crippen MR) is 76.5 cm³/mol. The molecule has 0 aromatic rings. The summed E-state index contributed by atoms with van der Waals surface area (Å²) in [5, 5.41) is 38.1. The van der Waals surface area contributed by atoms with Gasteiger partial charge in [0.15, 0.2) is 6.29 Å². The highest BCUT2D eigenvalue weighted by Gasteiger charge is 2.43. The Hall–Kier alpha value is -0.280. The average molecular weight is 307 g/mol. The molecule has 7 heteroatoms. The van der Waals surface area contributed by atoms with Crippen LogP contribution in [0, 0.1) is 0 Å². The van der Waals surface area contributed by atoms with E-state index in [4.69, 9.17) is 20.3 Å². The van der Waals surface area contributed by atoms with Gasteiger partial charge in [0.05, 0.1) is 6.61 Å². The fourth-order valence-corrected chi connectivity index (χ4v) is 2.36. The SMILES string of the molecule is NCCCCCCCCO[C@@H]1O[C@H](CO)[C@H](O)[C@H](O)[C@H]1O. The molecule has 0 aromatic heterocycles. The third-order valence-corrected chi connectivity index (χ3v) is 3.73. The summed E-state index contributed by atoms with van der Waals surface area (Å²) in [6.45, 7) is 0.700. The summed E-state index contributed by atoms with van der Waals surface area (Å²) in [6.07, 6.45) is 0.347. The molecule has 6 N–H and O–H groups in total. The fraction of sp³-hybridized carbons (Fsp3) is 1.00. The van der Waals surface area contributed by atoms with Crippen molar-refractivity contribution in [3.63, 3.8) is 0 Å². The second kappa shape index (κ2) is 10.4. The number of ether oxygens (including phenoxy) is 2. The molecule has 7 nitrogen and oxygen atoms in total. The van der Waals surface area contributed by atoms with Gasteiger partial charge in [-0.25, -0.2) is 0 Å². The number of rotatable bonds is 10. The first kappa shape index (κ1) is 18.8. The number of nitrogens with two attached hydrogens (primary N) is 1. The number of aliphatic hydroxyl groups is 4. The lowest BCUT2D eigenvalue weighted by atomic mass is 9.99. The van der Waals surface area contributed by atoms with Crippen LogP contribution in [0.1, 0.15) is 38.5 Å². The van der Waals surface area contributed by atoms with E-state index in [1.807, 2.05) is 0 Å². The first-order chi connectivity index (χ1) is 10.1. The van der Waals surface area contributed by atoms with Crippen molar-refractivity contribution >= 4 is 0 Å². The number of unbranched alkanes of at least 4 members (excludes halogenated alkanes) is 5. The third kappa shape index (κ3) is 6.15. The van der Waals surface area contributed by atoms with Crippen LogP contribution in [0.4, 0.5) is 0 Å². The van der Waals surface area contributed by atoms with E-state index in [2.05, 4.69) is 0 Å². The molecule has 1 rings (SSSR count). The monoisotopic (exact) mass is 307 g/mol. The minimum absolute atomic E-state index is 0.402. The van der Waals surface area contributed by atoms with Crippen LogP contribution in [-0.2, 0) is 9.47 Å². The minimum atomic E-state index is -1.38. The predicted octanol–water partition coefficient (Wildman–Crippen LogP) is -0.898. The maximum absolute atomic E-state index is 9.77. The summed E-state index contributed by atoms with van der Waals surface area (Å²) in [7, 11) is 0. The Morgan fingerprint density at radius 2 is 1.48 bits per heavy atom. The van der Waals surface area contributed by atoms with E-state index in [1.165, 1.54) is 0 Å². The van der Waals surface area contributed by atoms with Crippen molar-refractivity contribution in [1.29, 1.82) is 0 Å². The molecule has 0 radical (unpaired) electrons. The van der Waals surface area contributed by atoms with Gasteiger partial charge in [-0.15, -0.1) is 0 Å². The molecule has 1 fully saturated rings. The Morgan fingerprint density at radius 3 is 2.10 bits per heavy atom. The molecular weight excluding hydrogens is 278 g/mol. The summed E-state index contributed by atoms with van der Waals surface area (Å²) < 4.78 is 10.6. The van der Waals surface area contributed by atoms with Gasteiger partial charge in [-0.05, 0) is 19.4 Å². The zero-order valence-electron chi connectivity index (χ0n) is 12.4. The molecule has 0 unspecified atom stereocenters. The standard InChI is InChI=1S/C14H29NO6/c15-7-5-3-1-2-4-6-8-20-14-13(19)12(18)11(17)10(9-16)21-14/h10-14,16-19H,1-9,15H2/t10-,11+,12+,13-,14-/m1/s1. The summed E-state index contributed by atoms with van der Waals surface area (Å²) in [6, 6.07) is 0. The van der Waals surface area contributed by atoms with Crippen LogP contribution in [0.15, 0.2) is 0 Å². The van der Waals surface area contributed by atoms with Gasteiger partial charge >= 0.3 is 0 Å². The van der Waals surface area contributed by atoms with Crippen molar-refractivity contribution in [3.05, 3.63) is 0 Å². The maximum atomic E-state index is 9.77. The molecule has 21 heavy (non-hydrogen) atoms. The molecule has 1 aliphatic heterocycles. The maximum Gasteiger partial charge on any atom is 0.186 e. The van der Waals surface area contributed by atoms with E-state index in [-0.39, 0.29) is 0 Å². The van der Waals surface area contributed by atoms with Crippen LogP contribution in [0.25, 0.3) is 0 Å². The van der Waals surface area contributed by atoms with Gasteiger partial charge in [-0.3, -0.25) is 0 Å². The Labute approximate surface area is 125 Å². The molecule has 0 aromatic carbocycles. The second-order valence-electron chi connectivity index (χ2n) is 5.48. The summed E-state index contributed by atoms with van der Waals surface area (Å²) in [4.78, 5) is 0. The van der Waals surface area contributed by atoms with Gasteiger partial charge in [0.1, 0.15) is 24.4 Å². The van der Waals surface area contributed by atoms with E-state index in [0.717, 1.165) is 45.1 Å². The number of aliphatic hydroxyl groups excluding tert-OH is 4. The van der Waals surface area contributed by atoms with Crippen LogP contribution in [0.2, 0.25) is 0 Å². The molecule has 0 amide bonds. The molecule has 0 spiro atoms. The van der Waals surface area contributed by atoms with Crippen molar-refractivity contribution in [3.8, 4) is 0 Å². The van der Waals surface area contributed by atoms with Crippen molar-refractivity contribution in [2.24, 2.45) is 5.73 Å². The van der Waals surface area contributed by atoms with Crippen molar-refractivity contribution < 1.29 is 29.9 Å². The van der Waals surface area contributed by atoms with Crippen LogP contribution in [0.3, 0.4) is 0 Å². The van der Waals surface area contributed by atoms with E-state index in [1.54, 1.807) is 0 Å². The minimum Gasteiger partial charge on any atom is -0.394 e. The van der Waals surface area contributed by atoms with E-state index in [0.29, 0.717) is 6.61 Å². The van der Waals surface area contributed by atoms with Gasteiger partial charge in [0.2, 0.25) is 0 Å². The Balaban J connectivity index is 2.16. The molecular formula is C14H29NO6. The molecule has 1 heterocycles. The molecule has 5 atom stereocenters. The molecule has 1 saturated heterocycles. The van der Waals surface area contributed by atoms with Gasteiger partial charge in [0.25, 0.3) is 0 Å². The smallest absolute Gasteiger partial charge is 0.186 e. The van der Waals surface area contributed by atoms with E-state index >= 15 is 0 Å². The normalized spacial score (nSPS) is 33.3. The molecule has 0 saturated carbocycles. The van der Waals surface area contributed by atoms with E-state index < -0.39 is 37.3 Å². The molecule has 126 valence electrons. The fourth-order valence-electron chi connectivity index (χ4n) is 2.36. The van der Waals surface area contributed by atoms with Crippen LogP contribution < -0.4 is 5.73 Å². The second-order valence-corrected chi connectivity index (χ2v) is 5.48. The molecule has 0 aliphatic carbocycles. The summed E-state index contributed by atoms with van der Waals surface area (Å²) in [5.41, 5.74) is 5.42. The largest absolute Gasteiger partial charge is 0.394 e. The van der Waals surface area contributed by atoms with Gasteiger partial charge < -0.3 is 35.6 Å². The van der Waals surface area contributed by atoms with Crippen molar-refractivity contribution in [2.75, 3.05) is 19.8 Å². The average Bonchev–Trinajstić information content (AvgIpc) is 2.49. The van der Waals surface area contributed by atoms with Crippen LogP contribution in [0.5, 0.6) is 0 Å². The highest BCUT2D eigenvalue weighted by Crippen LogP contribution is 2.22. The summed E-state index contributed by atoms with van der Waals surface area (Å²) in [5.74, 6) is 0. The Kier molecular flexibility index (Phi) is 9.34. The highest BCUT2D eigenvalue weighted by molar-refractivity contribution is 4.88. The van der Waals surface area contributed by atoms with Crippen LogP contribution >= 0.6 is 0 Å². The van der Waals surface area contributed by atoms with Crippen molar-refractivity contribution in [1.82, 2.24) is 0 Å². The first-order valence-corrected chi connectivity index (χ1v) is 7.74. The van der Waals surface area contributed by atoms with Gasteiger partial charge in [0, 0.05) is 6.61 Å². The number of hydrogen-bond acceptors (Lipinski definition) is 7. The quantitative estimate of drug-likeness (QED) is 0.331. The van der Waals surface area contributed by atoms with Gasteiger partial charge in [-0.1, -0.05) is 25.7 Å². The molecule has 0 bridgehead atoms. The lowest BCUT2D eigenvalue weighted by Crippen LogP contribution is -2.59. The van der Waals surface area contributed by atoms with E-state index in [9.17, 15) is 15.3 Å².